The first kappa shape index (κ1) is 23.5. The van der Waals surface area contributed by atoms with Crippen molar-refractivity contribution in [1.29, 1.82) is 0 Å². The van der Waals surface area contributed by atoms with Crippen molar-refractivity contribution in [1.82, 2.24) is 15.0 Å². The molecule has 0 bridgehead atoms. The van der Waals surface area contributed by atoms with Gasteiger partial charge in [-0.05, 0) is 31.2 Å². The zero-order chi connectivity index (χ0) is 23.5. The summed E-state index contributed by atoms with van der Waals surface area (Å²) in [6.07, 6.45) is 0. The fourth-order valence-electron chi connectivity index (χ4n) is 3.64. The molecular formula is C23H21Cl2F2N3O3. The molecule has 0 atom stereocenters. The number of rotatable bonds is 6. The Bertz CT molecular complexity index is 1140. The molecule has 33 heavy (non-hydrogen) atoms. The minimum Gasteiger partial charge on any atom is -0.486 e. The lowest BCUT2D eigenvalue weighted by Gasteiger charge is -2.34. The van der Waals surface area contributed by atoms with Gasteiger partial charge in [0, 0.05) is 54.4 Å². The maximum absolute atomic E-state index is 13.9. The third-order valence-corrected chi connectivity index (χ3v) is 6.26. The molecule has 0 radical (unpaired) electrons. The molecule has 2 aromatic carbocycles. The fourth-order valence-corrected chi connectivity index (χ4v) is 4.15. The van der Waals surface area contributed by atoms with Gasteiger partial charge < -0.3 is 14.2 Å². The lowest BCUT2D eigenvalue weighted by atomic mass is 10.1. The molecule has 3 aromatic rings. The van der Waals surface area contributed by atoms with Gasteiger partial charge in [0.25, 0.3) is 5.91 Å². The van der Waals surface area contributed by atoms with E-state index in [0.717, 1.165) is 17.7 Å². The van der Waals surface area contributed by atoms with E-state index in [1.54, 1.807) is 30.0 Å². The highest BCUT2D eigenvalue weighted by atomic mass is 35.5. The third-order valence-electron chi connectivity index (χ3n) is 5.56. The molecule has 1 saturated heterocycles. The van der Waals surface area contributed by atoms with Gasteiger partial charge in [-0.3, -0.25) is 9.69 Å². The topological polar surface area (TPSA) is 58.8 Å². The van der Waals surface area contributed by atoms with Gasteiger partial charge in [-0.15, -0.1) is 0 Å². The molecule has 1 fully saturated rings. The van der Waals surface area contributed by atoms with E-state index in [9.17, 15) is 13.6 Å². The minimum absolute atomic E-state index is 0.123. The van der Waals surface area contributed by atoms with Crippen LogP contribution in [-0.4, -0.2) is 47.0 Å². The molecular weight excluding hydrogens is 475 g/mol. The first-order valence-corrected chi connectivity index (χ1v) is 11.1. The van der Waals surface area contributed by atoms with E-state index in [4.69, 9.17) is 32.5 Å². The summed E-state index contributed by atoms with van der Waals surface area (Å²) in [4.78, 5) is 17.0. The summed E-state index contributed by atoms with van der Waals surface area (Å²) in [5, 5.41) is 5.13. The summed E-state index contributed by atoms with van der Waals surface area (Å²) in [5.41, 5.74) is 1.41. The van der Waals surface area contributed by atoms with Crippen LogP contribution in [0.1, 0.15) is 27.4 Å². The van der Waals surface area contributed by atoms with Gasteiger partial charge in [0.05, 0.1) is 5.56 Å². The summed E-state index contributed by atoms with van der Waals surface area (Å²) < 4.78 is 37.6. The van der Waals surface area contributed by atoms with Crippen molar-refractivity contribution in [3.63, 3.8) is 0 Å². The van der Waals surface area contributed by atoms with Crippen molar-refractivity contribution in [3.05, 3.63) is 80.7 Å². The van der Waals surface area contributed by atoms with Crippen LogP contribution in [0, 0.1) is 18.6 Å². The number of piperazine rings is 1. The summed E-state index contributed by atoms with van der Waals surface area (Å²) in [7, 11) is 0. The van der Waals surface area contributed by atoms with Crippen molar-refractivity contribution in [2.75, 3.05) is 26.2 Å². The van der Waals surface area contributed by atoms with E-state index < -0.39 is 11.6 Å². The lowest BCUT2D eigenvalue weighted by Crippen LogP contribution is -2.48. The van der Waals surface area contributed by atoms with Crippen molar-refractivity contribution in [2.45, 2.75) is 20.1 Å². The number of benzene rings is 2. The zero-order valence-corrected chi connectivity index (χ0v) is 19.3. The molecule has 6 nitrogen and oxygen atoms in total. The second kappa shape index (κ2) is 10.1. The Morgan fingerprint density at radius 1 is 1.09 bits per heavy atom. The van der Waals surface area contributed by atoms with Gasteiger partial charge in [-0.2, -0.15) is 0 Å². The molecule has 0 saturated carbocycles. The van der Waals surface area contributed by atoms with E-state index in [-0.39, 0.29) is 24.0 Å². The Labute approximate surface area is 199 Å². The molecule has 174 valence electrons. The molecule has 0 unspecified atom stereocenters. The van der Waals surface area contributed by atoms with Crippen LogP contribution < -0.4 is 4.74 Å². The van der Waals surface area contributed by atoms with Crippen LogP contribution in [0.5, 0.6) is 5.75 Å². The van der Waals surface area contributed by atoms with E-state index in [0.29, 0.717) is 54.1 Å². The number of aryl methyl sites for hydroxylation is 1. The molecule has 0 N–H and O–H groups in total. The van der Waals surface area contributed by atoms with E-state index in [1.807, 2.05) is 0 Å². The Balaban J connectivity index is 1.39. The number of halogens is 4. The largest absolute Gasteiger partial charge is 0.486 e. The monoisotopic (exact) mass is 495 g/mol. The van der Waals surface area contributed by atoms with Gasteiger partial charge in [-0.1, -0.05) is 34.4 Å². The standard InChI is InChI=1S/C23H21Cl2F2N3O3/c1-14-17(13-32-21-6-5-15(26)11-20(21)27)22(28-33-14)23(31)30-9-7-29(8-10-30)12-16-18(24)3-2-4-19(16)25/h2-6,11H,7-10,12-13H2,1H3. The molecule has 2 heterocycles. The minimum atomic E-state index is -0.827. The van der Waals surface area contributed by atoms with Crippen LogP contribution in [0.3, 0.4) is 0 Å². The highest BCUT2D eigenvalue weighted by Gasteiger charge is 2.28. The number of aromatic nitrogens is 1. The van der Waals surface area contributed by atoms with Crippen LogP contribution in [0.2, 0.25) is 10.0 Å². The molecule has 1 amide bonds. The van der Waals surface area contributed by atoms with Crippen LogP contribution in [0.4, 0.5) is 8.78 Å². The second-order valence-corrected chi connectivity index (χ2v) is 8.51. The number of hydrogen-bond donors (Lipinski definition) is 0. The summed E-state index contributed by atoms with van der Waals surface area (Å²) in [5.74, 6) is -1.55. The first-order chi connectivity index (χ1) is 15.8. The van der Waals surface area contributed by atoms with Crippen LogP contribution in [0.25, 0.3) is 0 Å². The Morgan fingerprint density at radius 3 is 2.45 bits per heavy atom. The molecule has 0 aliphatic carbocycles. The molecule has 4 rings (SSSR count). The Morgan fingerprint density at radius 2 is 1.79 bits per heavy atom. The SMILES string of the molecule is Cc1onc(C(=O)N2CCN(Cc3c(Cl)cccc3Cl)CC2)c1COc1ccc(F)cc1F. The van der Waals surface area contributed by atoms with Crippen LogP contribution in [0.15, 0.2) is 40.9 Å². The lowest BCUT2D eigenvalue weighted by molar-refractivity contribution is 0.0616. The Kier molecular flexibility index (Phi) is 7.17. The maximum Gasteiger partial charge on any atom is 0.276 e. The second-order valence-electron chi connectivity index (χ2n) is 7.70. The average Bonchev–Trinajstić information content (AvgIpc) is 3.16. The molecule has 1 aromatic heterocycles. The first-order valence-electron chi connectivity index (χ1n) is 10.3. The number of carbonyl (C=O) groups excluding carboxylic acids is 1. The zero-order valence-electron chi connectivity index (χ0n) is 17.8. The van der Waals surface area contributed by atoms with Crippen LogP contribution >= 0.6 is 23.2 Å². The van der Waals surface area contributed by atoms with E-state index in [1.165, 1.54) is 6.07 Å². The van der Waals surface area contributed by atoms with Crippen molar-refractivity contribution in [2.24, 2.45) is 0 Å². The smallest absolute Gasteiger partial charge is 0.276 e. The normalized spacial score (nSPS) is 14.5. The summed E-state index contributed by atoms with van der Waals surface area (Å²) in [6.45, 7) is 4.34. The molecule has 0 spiro atoms. The molecule has 1 aliphatic heterocycles. The van der Waals surface area contributed by atoms with Crippen molar-refractivity contribution < 1.29 is 22.8 Å². The predicted octanol–water partition coefficient (Wildman–Crippen LogP) is 5.11. The number of hydrogen-bond acceptors (Lipinski definition) is 5. The van der Waals surface area contributed by atoms with Gasteiger partial charge in [0.15, 0.2) is 17.3 Å². The quantitative estimate of drug-likeness (QED) is 0.475. The number of amides is 1. The molecule has 10 heteroatoms. The number of nitrogens with zero attached hydrogens (tertiary/aromatic N) is 3. The highest BCUT2D eigenvalue weighted by Crippen LogP contribution is 2.27. The Hall–Kier alpha value is -2.68. The van der Waals surface area contributed by atoms with Crippen molar-refractivity contribution in [3.8, 4) is 5.75 Å². The van der Waals surface area contributed by atoms with E-state index >= 15 is 0 Å². The summed E-state index contributed by atoms with van der Waals surface area (Å²) in [6, 6.07) is 8.43. The van der Waals surface area contributed by atoms with E-state index in [2.05, 4.69) is 10.1 Å². The third kappa shape index (κ3) is 5.29. The number of ether oxygens (including phenoxy) is 1. The molecule has 1 aliphatic rings. The van der Waals surface area contributed by atoms with Crippen molar-refractivity contribution >= 4 is 29.1 Å². The maximum atomic E-state index is 13.9. The predicted molar refractivity (Wildman–Crippen MR) is 120 cm³/mol. The van der Waals surface area contributed by atoms with Crippen LogP contribution in [-0.2, 0) is 13.2 Å². The van der Waals surface area contributed by atoms with Gasteiger partial charge in [0.1, 0.15) is 18.2 Å². The van der Waals surface area contributed by atoms with Gasteiger partial charge in [-0.25, -0.2) is 8.78 Å². The summed E-state index contributed by atoms with van der Waals surface area (Å²) >= 11 is 12.5. The fraction of sp³-hybridized carbons (Fsp3) is 0.304. The van der Waals surface area contributed by atoms with Gasteiger partial charge >= 0.3 is 0 Å². The number of carbonyl (C=O) groups is 1. The average molecular weight is 496 g/mol. The highest BCUT2D eigenvalue weighted by molar-refractivity contribution is 6.35. The van der Waals surface area contributed by atoms with Gasteiger partial charge in [0.2, 0.25) is 0 Å².